The molecule has 1 aromatic rings. The second kappa shape index (κ2) is 4.03. The third-order valence-corrected chi connectivity index (χ3v) is 1.80. The van der Waals surface area contributed by atoms with Gasteiger partial charge in [0, 0.05) is 6.04 Å². The monoisotopic (exact) mass is 177 g/mol. The second-order valence-corrected chi connectivity index (χ2v) is 3.38. The number of anilines is 1. The van der Waals surface area contributed by atoms with Gasteiger partial charge in [0.25, 0.3) is 0 Å². The van der Waals surface area contributed by atoms with Crippen LogP contribution in [0, 0.1) is 12.5 Å². The van der Waals surface area contributed by atoms with E-state index in [0.29, 0.717) is 11.7 Å². The van der Waals surface area contributed by atoms with Gasteiger partial charge in [0.2, 0.25) is 0 Å². The maximum atomic E-state index is 7.01. The van der Waals surface area contributed by atoms with Crippen molar-refractivity contribution in [3.8, 4) is 0 Å². The van der Waals surface area contributed by atoms with E-state index in [1.54, 1.807) is 0 Å². The lowest BCUT2D eigenvalue weighted by molar-refractivity contribution is 0.896. The average Bonchev–Trinajstić information content (AvgIpc) is 2.08. The molecule has 0 atom stereocenters. The number of hydrogen-bond donors (Lipinski definition) is 2. The molecule has 0 heterocycles. The number of nitrogens with zero attached hydrogens (tertiary/aromatic N) is 1. The summed E-state index contributed by atoms with van der Waals surface area (Å²) in [5, 5.41) is 6.75. The van der Waals surface area contributed by atoms with Crippen LogP contribution < -0.4 is 5.32 Å². The van der Waals surface area contributed by atoms with Gasteiger partial charge in [-0.1, -0.05) is 12.1 Å². The highest BCUT2D eigenvalue weighted by atomic mass is 15.0. The number of aryl methyl sites for hydroxylation is 1. The van der Waals surface area contributed by atoms with E-state index in [0.717, 1.165) is 11.3 Å². The van der Waals surface area contributed by atoms with E-state index in [9.17, 15) is 0 Å². The molecule has 3 nitrogen and oxygen atoms in total. The van der Waals surface area contributed by atoms with Crippen LogP contribution in [0.5, 0.6) is 0 Å². The average molecular weight is 177 g/mol. The lowest BCUT2D eigenvalue weighted by Crippen LogP contribution is -2.10. The highest BCUT2D eigenvalue weighted by Gasteiger charge is 2.04. The minimum Gasteiger partial charge on any atom is -0.381 e. The Morgan fingerprint density at radius 1 is 1.38 bits per heavy atom. The van der Waals surface area contributed by atoms with Crippen molar-refractivity contribution in [1.29, 1.82) is 5.53 Å². The Kier molecular flexibility index (Phi) is 3.01. The Morgan fingerprint density at radius 3 is 2.62 bits per heavy atom. The molecule has 3 heteroatoms. The first-order chi connectivity index (χ1) is 6.15. The molecular weight excluding hydrogens is 162 g/mol. The van der Waals surface area contributed by atoms with Crippen LogP contribution >= 0.6 is 0 Å². The summed E-state index contributed by atoms with van der Waals surface area (Å²) in [5.41, 5.74) is 9.81. The maximum Gasteiger partial charge on any atom is 0.108 e. The molecule has 2 N–H and O–H groups in total. The van der Waals surface area contributed by atoms with E-state index in [-0.39, 0.29) is 0 Å². The highest BCUT2D eigenvalue weighted by molar-refractivity contribution is 5.69. The molecule has 0 saturated carbocycles. The summed E-state index contributed by atoms with van der Waals surface area (Å²) in [5.74, 6) is 0. The summed E-state index contributed by atoms with van der Waals surface area (Å²) in [4.78, 5) is 0. The third kappa shape index (κ3) is 2.28. The number of rotatable bonds is 3. The highest BCUT2D eigenvalue weighted by Crippen LogP contribution is 2.28. The van der Waals surface area contributed by atoms with Gasteiger partial charge in [-0.05, 0) is 32.4 Å². The van der Waals surface area contributed by atoms with Crippen LogP contribution in [0.3, 0.4) is 0 Å². The van der Waals surface area contributed by atoms with Crippen molar-refractivity contribution >= 4 is 11.4 Å². The van der Waals surface area contributed by atoms with Gasteiger partial charge in [-0.2, -0.15) is 5.11 Å². The summed E-state index contributed by atoms with van der Waals surface area (Å²) < 4.78 is 0. The minimum absolute atomic E-state index is 0.363. The molecule has 13 heavy (non-hydrogen) atoms. The first-order valence-electron chi connectivity index (χ1n) is 4.38. The molecule has 0 unspecified atom stereocenters. The molecule has 0 aliphatic rings. The van der Waals surface area contributed by atoms with Gasteiger partial charge in [-0.25, -0.2) is 5.53 Å². The number of nitrogens with one attached hydrogen (secondary N) is 2. The molecule has 0 aliphatic heterocycles. The zero-order valence-corrected chi connectivity index (χ0v) is 8.26. The van der Waals surface area contributed by atoms with E-state index >= 15 is 0 Å². The second-order valence-electron chi connectivity index (χ2n) is 3.38. The van der Waals surface area contributed by atoms with Crippen molar-refractivity contribution in [3.05, 3.63) is 23.8 Å². The van der Waals surface area contributed by atoms with E-state index in [1.165, 1.54) is 0 Å². The fraction of sp³-hybridized carbons (Fsp3) is 0.400. The fourth-order valence-electron chi connectivity index (χ4n) is 1.22. The Hall–Kier alpha value is -1.38. The van der Waals surface area contributed by atoms with Gasteiger partial charge >= 0.3 is 0 Å². The van der Waals surface area contributed by atoms with Gasteiger partial charge in [0.15, 0.2) is 0 Å². The van der Waals surface area contributed by atoms with Crippen molar-refractivity contribution in [2.24, 2.45) is 5.11 Å². The first-order valence-corrected chi connectivity index (χ1v) is 4.38. The SMILES string of the molecule is Cc1cccc(N=N)c1NC(C)C. The lowest BCUT2D eigenvalue weighted by atomic mass is 10.1. The molecule has 0 aromatic heterocycles. The molecule has 1 rings (SSSR count). The number of hydrogen-bond acceptors (Lipinski definition) is 3. The van der Waals surface area contributed by atoms with Gasteiger partial charge in [-0.3, -0.25) is 0 Å². The zero-order chi connectivity index (χ0) is 9.84. The van der Waals surface area contributed by atoms with Crippen LogP contribution in [0.4, 0.5) is 11.4 Å². The van der Waals surface area contributed by atoms with E-state index in [4.69, 9.17) is 5.53 Å². The number of benzene rings is 1. The summed E-state index contributed by atoms with van der Waals surface area (Å²) >= 11 is 0. The van der Waals surface area contributed by atoms with Crippen molar-refractivity contribution in [2.45, 2.75) is 26.8 Å². The van der Waals surface area contributed by atoms with Crippen molar-refractivity contribution in [2.75, 3.05) is 5.32 Å². The zero-order valence-electron chi connectivity index (χ0n) is 8.26. The summed E-state index contributed by atoms with van der Waals surface area (Å²) in [7, 11) is 0. The molecule has 0 radical (unpaired) electrons. The summed E-state index contributed by atoms with van der Waals surface area (Å²) in [6.07, 6.45) is 0. The molecule has 0 bridgehead atoms. The molecule has 0 spiro atoms. The van der Waals surface area contributed by atoms with Crippen LogP contribution in [0.2, 0.25) is 0 Å². The molecular formula is C10H15N3. The molecule has 0 amide bonds. The largest absolute Gasteiger partial charge is 0.381 e. The Morgan fingerprint density at radius 2 is 2.08 bits per heavy atom. The molecule has 70 valence electrons. The minimum atomic E-state index is 0.363. The van der Waals surface area contributed by atoms with Crippen LogP contribution in [0.15, 0.2) is 23.3 Å². The van der Waals surface area contributed by atoms with Crippen molar-refractivity contribution in [3.63, 3.8) is 0 Å². The Balaban J connectivity index is 3.07. The quantitative estimate of drug-likeness (QED) is 0.682. The fourth-order valence-corrected chi connectivity index (χ4v) is 1.22. The topological polar surface area (TPSA) is 48.2 Å². The molecule has 0 fully saturated rings. The van der Waals surface area contributed by atoms with E-state index in [1.807, 2.05) is 25.1 Å². The summed E-state index contributed by atoms with van der Waals surface area (Å²) in [6.45, 7) is 6.15. The summed E-state index contributed by atoms with van der Waals surface area (Å²) in [6, 6.07) is 6.12. The first kappa shape index (κ1) is 9.71. The van der Waals surface area contributed by atoms with Gasteiger partial charge in [0.05, 0.1) is 5.69 Å². The van der Waals surface area contributed by atoms with E-state index < -0.39 is 0 Å². The Labute approximate surface area is 78.7 Å². The maximum absolute atomic E-state index is 7.01. The van der Waals surface area contributed by atoms with Crippen molar-refractivity contribution < 1.29 is 0 Å². The normalized spacial score (nSPS) is 10.2. The van der Waals surface area contributed by atoms with Gasteiger partial charge in [0.1, 0.15) is 5.69 Å². The van der Waals surface area contributed by atoms with Crippen LogP contribution in [-0.2, 0) is 0 Å². The molecule has 1 aromatic carbocycles. The van der Waals surface area contributed by atoms with Gasteiger partial charge < -0.3 is 5.32 Å². The van der Waals surface area contributed by atoms with E-state index in [2.05, 4.69) is 24.3 Å². The van der Waals surface area contributed by atoms with Crippen LogP contribution in [-0.4, -0.2) is 6.04 Å². The predicted molar refractivity (Wildman–Crippen MR) is 54.7 cm³/mol. The van der Waals surface area contributed by atoms with Crippen molar-refractivity contribution in [1.82, 2.24) is 0 Å². The predicted octanol–water partition coefficient (Wildman–Crippen LogP) is 3.48. The Bertz CT molecular complexity index is 305. The third-order valence-electron chi connectivity index (χ3n) is 1.80. The molecule has 0 saturated heterocycles. The number of para-hydroxylation sites is 1. The van der Waals surface area contributed by atoms with Crippen LogP contribution in [0.1, 0.15) is 19.4 Å². The molecule has 0 aliphatic carbocycles. The van der Waals surface area contributed by atoms with Crippen LogP contribution in [0.25, 0.3) is 0 Å². The van der Waals surface area contributed by atoms with Gasteiger partial charge in [-0.15, -0.1) is 0 Å². The lowest BCUT2D eigenvalue weighted by Gasteiger charge is -2.14. The smallest absolute Gasteiger partial charge is 0.108 e. The standard InChI is InChI=1S/C10H15N3/c1-7(2)12-10-8(3)5-4-6-9(10)13-11/h4-7,11-12H,1-3H3.